The molecule has 2 atom stereocenters. The summed E-state index contributed by atoms with van der Waals surface area (Å²) in [7, 11) is -4.14. The molecule has 0 radical (unpaired) electrons. The fourth-order valence-electron chi connectivity index (χ4n) is 3.97. The SMILES string of the molecule is CCOc1ccc(N(CC(=O)N(Cc2ccccc2)[C@@H](C)C(=O)N[C@@H](C)CC)S(=O)(=O)c2ccc(Br)cc2)cc1. The Morgan fingerprint density at radius 2 is 1.55 bits per heavy atom. The van der Waals surface area contributed by atoms with Gasteiger partial charge < -0.3 is 15.0 Å². The smallest absolute Gasteiger partial charge is 0.264 e. The van der Waals surface area contributed by atoms with Gasteiger partial charge in [0.2, 0.25) is 11.8 Å². The van der Waals surface area contributed by atoms with Crippen LogP contribution in [0.15, 0.2) is 88.2 Å². The van der Waals surface area contributed by atoms with Gasteiger partial charge in [-0.1, -0.05) is 53.2 Å². The molecule has 8 nitrogen and oxygen atoms in total. The molecule has 0 heterocycles. The van der Waals surface area contributed by atoms with Crippen LogP contribution in [0.1, 0.15) is 39.7 Å². The van der Waals surface area contributed by atoms with Gasteiger partial charge in [0.25, 0.3) is 10.0 Å². The lowest BCUT2D eigenvalue weighted by Gasteiger charge is -2.32. The monoisotopic (exact) mass is 629 g/mol. The highest BCUT2D eigenvalue weighted by molar-refractivity contribution is 9.10. The lowest BCUT2D eigenvalue weighted by molar-refractivity contribution is -0.139. The van der Waals surface area contributed by atoms with Crippen LogP contribution >= 0.6 is 15.9 Å². The van der Waals surface area contributed by atoms with Gasteiger partial charge in [0.1, 0.15) is 18.3 Å². The molecule has 40 heavy (non-hydrogen) atoms. The predicted molar refractivity (Wildman–Crippen MR) is 161 cm³/mol. The number of hydrogen-bond donors (Lipinski definition) is 1. The third-order valence-electron chi connectivity index (χ3n) is 6.48. The highest BCUT2D eigenvalue weighted by atomic mass is 79.9. The summed E-state index contributed by atoms with van der Waals surface area (Å²) < 4.78 is 35.1. The van der Waals surface area contributed by atoms with Crippen molar-refractivity contribution in [2.75, 3.05) is 17.5 Å². The molecule has 0 aliphatic rings. The van der Waals surface area contributed by atoms with Gasteiger partial charge in [0, 0.05) is 17.1 Å². The van der Waals surface area contributed by atoms with Crippen LogP contribution in [0.2, 0.25) is 0 Å². The summed E-state index contributed by atoms with van der Waals surface area (Å²) in [4.78, 5) is 28.5. The summed E-state index contributed by atoms with van der Waals surface area (Å²) in [5.41, 5.74) is 1.12. The Morgan fingerprint density at radius 1 is 0.925 bits per heavy atom. The molecule has 2 amide bonds. The minimum Gasteiger partial charge on any atom is -0.494 e. The van der Waals surface area contributed by atoms with Crippen LogP contribution in [-0.4, -0.2) is 50.4 Å². The van der Waals surface area contributed by atoms with Gasteiger partial charge >= 0.3 is 0 Å². The molecule has 3 rings (SSSR count). The summed E-state index contributed by atoms with van der Waals surface area (Å²) in [6.07, 6.45) is 0.738. The second kappa shape index (κ2) is 14.3. The van der Waals surface area contributed by atoms with Gasteiger partial charge in [-0.05, 0) is 81.3 Å². The van der Waals surface area contributed by atoms with Gasteiger partial charge in [0.05, 0.1) is 17.2 Å². The van der Waals surface area contributed by atoms with Crippen LogP contribution in [-0.2, 0) is 26.2 Å². The van der Waals surface area contributed by atoms with E-state index in [2.05, 4.69) is 21.2 Å². The zero-order chi connectivity index (χ0) is 29.3. The predicted octanol–water partition coefficient (Wildman–Crippen LogP) is 5.38. The zero-order valence-electron chi connectivity index (χ0n) is 23.2. The van der Waals surface area contributed by atoms with E-state index in [0.29, 0.717) is 18.0 Å². The quantitative estimate of drug-likeness (QED) is 0.274. The van der Waals surface area contributed by atoms with E-state index in [1.165, 1.54) is 17.0 Å². The van der Waals surface area contributed by atoms with Crippen molar-refractivity contribution < 1.29 is 22.7 Å². The Kier molecular flexibility index (Phi) is 11.2. The number of anilines is 1. The lowest BCUT2D eigenvalue weighted by atomic mass is 10.1. The van der Waals surface area contributed by atoms with Crippen LogP contribution in [0, 0.1) is 0 Å². The first kappa shape index (κ1) is 31.2. The van der Waals surface area contributed by atoms with E-state index < -0.39 is 28.5 Å². The average Bonchev–Trinajstić information content (AvgIpc) is 2.95. The standard InChI is InChI=1S/C30H36BrN3O5S/c1-5-22(3)32-30(36)23(4)33(20-24-10-8-7-9-11-24)29(35)21-34(26-14-16-27(17-15-26)39-6-2)40(37,38)28-18-12-25(31)13-19-28/h7-19,22-23H,5-6,20-21H2,1-4H3,(H,32,36)/t22-,23-/m0/s1. The van der Waals surface area contributed by atoms with Crippen LogP contribution in [0.25, 0.3) is 0 Å². The van der Waals surface area contributed by atoms with E-state index in [-0.39, 0.29) is 23.4 Å². The molecular weight excluding hydrogens is 594 g/mol. The Bertz CT molecular complexity index is 1370. The maximum absolute atomic E-state index is 13.9. The van der Waals surface area contributed by atoms with Crippen molar-refractivity contribution in [3.63, 3.8) is 0 Å². The summed E-state index contributed by atoms with van der Waals surface area (Å²) >= 11 is 3.34. The van der Waals surface area contributed by atoms with E-state index in [0.717, 1.165) is 20.8 Å². The van der Waals surface area contributed by atoms with Crippen LogP contribution in [0.4, 0.5) is 5.69 Å². The number of benzene rings is 3. The number of halogens is 1. The molecule has 0 fully saturated rings. The first-order valence-electron chi connectivity index (χ1n) is 13.2. The van der Waals surface area contributed by atoms with Gasteiger partial charge in [0.15, 0.2) is 0 Å². The van der Waals surface area contributed by atoms with E-state index >= 15 is 0 Å². The van der Waals surface area contributed by atoms with E-state index in [1.54, 1.807) is 43.3 Å². The maximum Gasteiger partial charge on any atom is 0.264 e. The number of hydrogen-bond acceptors (Lipinski definition) is 5. The van der Waals surface area contributed by atoms with Crippen molar-refractivity contribution in [3.8, 4) is 5.75 Å². The molecule has 0 unspecified atom stereocenters. The molecule has 3 aromatic rings. The molecule has 0 bridgehead atoms. The van der Waals surface area contributed by atoms with Gasteiger partial charge in [-0.3, -0.25) is 13.9 Å². The van der Waals surface area contributed by atoms with Gasteiger partial charge in [-0.25, -0.2) is 8.42 Å². The fourth-order valence-corrected chi connectivity index (χ4v) is 5.64. The number of nitrogens with zero attached hydrogens (tertiary/aromatic N) is 2. The van der Waals surface area contributed by atoms with Crippen LogP contribution in [0.3, 0.4) is 0 Å². The minimum atomic E-state index is -4.14. The number of rotatable bonds is 13. The molecule has 0 saturated heterocycles. The summed E-state index contributed by atoms with van der Waals surface area (Å²) in [6, 6.07) is 21.2. The maximum atomic E-state index is 13.9. The topological polar surface area (TPSA) is 96.0 Å². The van der Waals surface area contributed by atoms with Gasteiger partial charge in [-0.2, -0.15) is 0 Å². The number of carbonyl (C=O) groups is 2. The fraction of sp³-hybridized carbons (Fsp3) is 0.333. The first-order chi connectivity index (χ1) is 19.1. The number of ether oxygens (including phenoxy) is 1. The van der Waals surface area contributed by atoms with Crippen molar-refractivity contribution in [1.29, 1.82) is 0 Å². The Hall–Kier alpha value is -3.37. The van der Waals surface area contributed by atoms with E-state index in [1.807, 2.05) is 51.1 Å². The average molecular weight is 631 g/mol. The van der Waals surface area contributed by atoms with E-state index in [4.69, 9.17) is 4.74 Å². The highest BCUT2D eigenvalue weighted by Gasteiger charge is 2.32. The number of amides is 2. The molecule has 10 heteroatoms. The largest absolute Gasteiger partial charge is 0.494 e. The molecule has 0 aliphatic heterocycles. The molecular formula is C30H36BrN3O5S. The van der Waals surface area contributed by atoms with E-state index in [9.17, 15) is 18.0 Å². The molecule has 0 saturated carbocycles. The molecule has 0 aromatic heterocycles. The third-order valence-corrected chi connectivity index (χ3v) is 8.80. The Labute approximate surface area is 245 Å². The lowest BCUT2D eigenvalue weighted by Crippen LogP contribution is -2.52. The number of nitrogens with one attached hydrogen (secondary N) is 1. The van der Waals surface area contributed by atoms with Crippen LogP contribution < -0.4 is 14.4 Å². The second-order valence-corrected chi connectivity index (χ2v) is 12.2. The first-order valence-corrected chi connectivity index (χ1v) is 15.4. The highest BCUT2D eigenvalue weighted by Crippen LogP contribution is 2.27. The number of carbonyl (C=O) groups excluding carboxylic acids is 2. The minimum absolute atomic E-state index is 0.0366. The molecule has 0 aliphatic carbocycles. The Morgan fingerprint density at radius 3 is 2.12 bits per heavy atom. The van der Waals surface area contributed by atoms with Crippen molar-refractivity contribution in [3.05, 3.63) is 88.9 Å². The summed E-state index contributed by atoms with van der Waals surface area (Å²) in [5.74, 6) is -0.230. The molecule has 3 aromatic carbocycles. The normalized spacial score (nSPS) is 12.7. The van der Waals surface area contributed by atoms with Crippen LogP contribution in [0.5, 0.6) is 5.75 Å². The third kappa shape index (κ3) is 8.08. The van der Waals surface area contributed by atoms with Crippen molar-refractivity contribution in [1.82, 2.24) is 10.2 Å². The second-order valence-electron chi connectivity index (χ2n) is 9.39. The van der Waals surface area contributed by atoms with Crippen molar-refractivity contribution in [2.24, 2.45) is 0 Å². The van der Waals surface area contributed by atoms with Crippen molar-refractivity contribution >= 4 is 43.5 Å². The number of sulfonamides is 1. The zero-order valence-corrected chi connectivity index (χ0v) is 25.6. The summed E-state index contributed by atoms with van der Waals surface area (Å²) in [6.45, 7) is 7.48. The van der Waals surface area contributed by atoms with Crippen molar-refractivity contribution in [2.45, 2.75) is 57.6 Å². The Balaban J connectivity index is 2.01. The molecule has 214 valence electrons. The van der Waals surface area contributed by atoms with Gasteiger partial charge in [-0.15, -0.1) is 0 Å². The molecule has 0 spiro atoms. The summed E-state index contributed by atoms with van der Waals surface area (Å²) in [5, 5.41) is 2.93. The molecule has 1 N–H and O–H groups in total.